The largest absolute Gasteiger partial charge is 0.317 e. The van der Waals surface area contributed by atoms with Gasteiger partial charge in [-0.15, -0.1) is 0 Å². The number of nitrogens with one attached hydrogen (secondary N) is 1. The van der Waals surface area contributed by atoms with Crippen molar-refractivity contribution in [2.24, 2.45) is 5.92 Å². The van der Waals surface area contributed by atoms with Gasteiger partial charge < -0.3 is 5.32 Å². The molecule has 0 aliphatic carbocycles. The topological polar surface area (TPSA) is 24.9 Å². The summed E-state index contributed by atoms with van der Waals surface area (Å²) in [5, 5.41) is 3.40. The van der Waals surface area contributed by atoms with Crippen molar-refractivity contribution in [3.05, 3.63) is 30.1 Å². The second kappa shape index (κ2) is 7.39. The number of pyridine rings is 1. The second-order valence-electron chi connectivity index (χ2n) is 4.87. The molecule has 1 rings (SSSR count). The third kappa shape index (κ3) is 5.26. The van der Waals surface area contributed by atoms with Gasteiger partial charge in [0.05, 0.1) is 0 Å². The van der Waals surface area contributed by atoms with E-state index in [1.54, 1.807) is 0 Å². The van der Waals surface area contributed by atoms with Crippen molar-refractivity contribution in [1.29, 1.82) is 0 Å². The summed E-state index contributed by atoms with van der Waals surface area (Å²) in [6, 6.07) is 4.81. The van der Waals surface area contributed by atoms with E-state index in [1.165, 1.54) is 24.8 Å². The number of rotatable bonds is 7. The Morgan fingerprint density at radius 3 is 2.44 bits per heavy atom. The van der Waals surface area contributed by atoms with Crippen LogP contribution in [0, 0.1) is 5.92 Å². The summed E-state index contributed by atoms with van der Waals surface area (Å²) in [5.74, 6) is 0.818. The third-order valence-electron chi connectivity index (χ3n) is 2.97. The van der Waals surface area contributed by atoms with Crippen LogP contribution in [0.25, 0.3) is 0 Å². The molecule has 0 saturated heterocycles. The third-order valence-corrected chi connectivity index (χ3v) is 2.97. The van der Waals surface area contributed by atoms with Gasteiger partial charge >= 0.3 is 0 Å². The zero-order valence-electron chi connectivity index (χ0n) is 10.7. The summed E-state index contributed by atoms with van der Waals surface area (Å²) in [4.78, 5) is 4.04. The molecule has 1 heterocycles. The first-order valence-electron chi connectivity index (χ1n) is 6.28. The average molecular weight is 220 g/mol. The van der Waals surface area contributed by atoms with E-state index in [4.69, 9.17) is 0 Å². The van der Waals surface area contributed by atoms with Crippen LogP contribution >= 0.6 is 0 Å². The van der Waals surface area contributed by atoms with Gasteiger partial charge in [0, 0.05) is 18.4 Å². The number of hydrogen-bond acceptors (Lipinski definition) is 2. The molecule has 1 unspecified atom stereocenters. The summed E-state index contributed by atoms with van der Waals surface area (Å²) in [6.07, 6.45) is 8.75. The van der Waals surface area contributed by atoms with E-state index in [9.17, 15) is 0 Å². The highest BCUT2D eigenvalue weighted by Crippen LogP contribution is 2.11. The van der Waals surface area contributed by atoms with Gasteiger partial charge in [0.25, 0.3) is 0 Å². The van der Waals surface area contributed by atoms with Crippen LogP contribution in [0.5, 0.6) is 0 Å². The maximum atomic E-state index is 4.04. The van der Waals surface area contributed by atoms with Gasteiger partial charge in [0.1, 0.15) is 0 Å². The number of aromatic nitrogens is 1. The summed E-state index contributed by atoms with van der Waals surface area (Å²) in [7, 11) is 2.06. The molecule has 2 heteroatoms. The standard InChI is InChI=1S/C14H24N2/c1-12(2)5-4-6-14(15-3)11-13-7-9-16-10-8-13/h7-10,12,14-15H,4-6,11H2,1-3H3. The molecule has 1 N–H and O–H groups in total. The SMILES string of the molecule is CNC(CCCC(C)C)Cc1ccncc1. The normalized spacial score (nSPS) is 13.0. The molecular weight excluding hydrogens is 196 g/mol. The van der Waals surface area contributed by atoms with Gasteiger partial charge in [0.15, 0.2) is 0 Å². The molecule has 0 radical (unpaired) electrons. The fraction of sp³-hybridized carbons (Fsp3) is 0.643. The van der Waals surface area contributed by atoms with Crippen LogP contribution in [0.2, 0.25) is 0 Å². The zero-order valence-corrected chi connectivity index (χ0v) is 10.7. The molecule has 0 fully saturated rings. The molecule has 0 aliphatic heterocycles. The van der Waals surface area contributed by atoms with Crippen molar-refractivity contribution in [3.8, 4) is 0 Å². The van der Waals surface area contributed by atoms with E-state index < -0.39 is 0 Å². The minimum Gasteiger partial charge on any atom is -0.317 e. The Bertz CT molecular complexity index is 269. The Kier molecular flexibility index (Phi) is 6.09. The highest BCUT2D eigenvalue weighted by Gasteiger charge is 2.07. The average Bonchev–Trinajstić information content (AvgIpc) is 2.28. The Morgan fingerprint density at radius 2 is 1.88 bits per heavy atom. The lowest BCUT2D eigenvalue weighted by Crippen LogP contribution is -2.27. The van der Waals surface area contributed by atoms with E-state index >= 15 is 0 Å². The predicted octanol–water partition coefficient (Wildman–Crippen LogP) is 3.04. The maximum absolute atomic E-state index is 4.04. The lowest BCUT2D eigenvalue weighted by molar-refractivity contribution is 0.457. The summed E-state index contributed by atoms with van der Waals surface area (Å²) < 4.78 is 0. The molecule has 0 saturated carbocycles. The molecule has 0 aliphatic rings. The van der Waals surface area contributed by atoms with Crippen molar-refractivity contribution < 1.29 is 0 Å². The molecule has 0 spiro atoms. The van der Waals surface area contributed by atoms with Crippen LogP contribution in [0.1, 0.15) is 38.7 Å². The highest BCUT2D eigenvalue weighted by molar-refractivity contribution is 5.11. The van der Waals surface area contributed by atoms with Crippen molar-refractivity contribution in [1.82, 2.24) is 10.3 Å². The van der Waals surface area contributed by atoms with Crippen molar-refractivity contribution in [2.45, 2.75) is 45.6 Å². The molecule has 0 bridgehead atoms. The first-order valence-corrected chi connectivity index (χ1v) is 6.28. The lowest BCUT2D eigenvalue weighted by Gasteiger charge is -2.16. The molecule has 0 amide bonds. The summed E-state index contributed by atoms with van der Waals surface area (Å²) in [5.41, 5.74) is 1.37. The van der Waals surface area contributed by atoms with Gasteiger partial charge in [-0.05, 0) is 43.5 Å². The molecule has 2 nitrogen and oxygen atoms in total. The number of hydrogen-bond donors (Lipinski definition) is 1. The fourth-order valence-electron chi connectivity index (χ4n) is 1.92. The quantitative estimate of drug-likeness (QED) is 0.764. The molecular formula is C14H24N2. The minimum absolute atomic E-state index is 0.598. The number of likely N-dealkylation sites (N-methyl/N-ethyl adjacent to an activating group) is 1. The van der Waals surface area contributed by atoms with Crippen LogP contribution in [0.4, 0.5) is 0 Å². The fourth-order valence-corrected chi connectivity index (χ4v) is 1.92. The van der Waals surface area contributed by atoms with Crippen LogP contribution in [0.15, 0.2) is 24.5 Å². The van der Waals surface area contributed by atoms with Gasteiger partial charge in [-0.2, -0.15) is 0 Å². The molecule has 1 atom stereocenters. The van der Waals surface area contributed by atoms with Crippen molar-refractivity contribution in [3.63, 3.8) is 0 Å². The van der Waals surface area contributed by atoms with Crippen LogP contribution in [0.3, 0.4) is 0 Å². The molecule has 16 heavy (non-hydrogen) atoms. The maximum Gasteiger partial charge on any atom is 0.0270 e. The summed E-state index contributed by atoms with van der Waals surface area (Å²) >= 11 is 0. The van der Waals surface area contributed by atoms with E-state index in [2.05, 4.69) is 43.3 Å². The van der Waals surface area contributed by atoms with Gasteiger partial charge in [-0.1, -0.05) is 26.7 Å². The molecule has 0 aromatic carbocycles. The first-order chi connectivity index (χ1) is 7.72. The first kappa shape index (κ1) is 13.2. The number of nitrogens with zero attached hydrogens (tertiary/aromatic N) is 1. The second-order valence-corrected chi connectivity index (χ2v) is 4.87. The zero-order chi connectivity index (χ0) is 11.8. The summed E-state index contributed by atoms with van der Waals surface area (Å²) in [6.45, 7) is 4.58. The highest BCUT2D eigenvalue weighted by atomic mass is 14.9. The van der Waals surface area contributed by atoms with E-state index in [1.807, 2.05) is 12.4 Å². The predicted molar refractivity (Wildman–Crippen MR) is 69.5 cm³/mol. The van der Waals surface area contributed by atoms with Crippen LogP contribution in [-0.2, 0) is 6.42 Å². The van der Waals surface area contributed by atoms with E-state index in [0.29, 0.717) is 6.04 Å². The van der Waals surface area contributed by atoms with Gasteiger partial charge in [0.2, 0.25) is 0 Å². The minimum atomic E-state index is 0.598. The Hall–Kier alpha value is -0.890. The Balaban J connectivity index is 2.32. The van der Waals surface area contributed by atoms with Crippen molar-refractivity contribution in [2.75, 3.05) is 7.05 Å². The van der Waals surface area contributed by atoms with E-state index in [-0.39, 0.29) is 0 Å². The monoisotopic (exact) mass is 220 g/mol. The van der Waals surface area contributed by atoms with Crippen LogP contribution < -0.4 is 5.32 Å². The lowest BCUT2D eigenvalue weighted by atomic mass is 9.99. The van der Waals surface area contributed by atoms with Crippen LogP contribution in [-0.4, -0.2) is 18.1 Å². The smallest absolute Gasteiger partial charge is 0.0270 e. The van der Waals surface area contributed by atoms with Gasteiger partial charge in [-0.25, -0.2) is 0 Å². The molecule has 90 valence electrons. The molecule has 1 aromatic rings. The van der Waals surface area contributed by atoms with Gasteiger partial charge in [-0.3, -0.25) is 4.98 Å². The Labute approximate surface area is 99.5 Å². The molecule has 1 aromatic heterocycles. The van der Waals surface area contributed by atoms with E-state index in [0.717, 1.165) is 12.3 Å². The van der Waals surface area contributed by atoms with Crippen molar-refractivity contribution >= 4 is 0 Å². The Morgan fingerprint density at radius 1 is 1.19 bits per heavy atom.